The number of aryl methyl sites for hydroxylation is 1. The zero-order chi connectivity index (χ0) is 8.39. The number of benzene rings is 1. The van der Waals surface area contributed by atoms with E-state index in [1.54, 1.807) is 0 Å². The number of hydrogen-bond donors (Lipinski definition) is 0. The van der Waals surface area contributed by atoms with E-state index in [2.05, 4.69) is 29.6 Å². The monoisotopic (exact) mass is 566 g/mol. The standard InChI is InChI=1S/C10H10N.U.W/c1-2-5-10-8-11-7-3-6-9(10)4-1;;/h1-2,4-5H,3,6-7H2;;/q-1;;. The van der Waals surface area contributed by atoms with Gasteiger partial charge in [0.05, 0.1) is 0 Å². The number of rotatable bonds is 0. The SMILES string of the molecule is [U].[W]=[C]1[N-]CCCc2ccccc21. The van der Waals surface area contributed by atoms with Gasteiger partial charge in [-0.15, -0.1) is 0 Å². The maximum absolute atomic E-state index is 4.52. The topological polar surface area (TPSA) is 14.1 Å². The van der Waals surface area contributed by atoms with Gasteiger partial charge in [-0.2, -0.15) is 0 Å². The summed E-state index contributed by atoms with van der Waals surface area (Å²) >= 11 is 1.49. The van der Waals surface area contributed by atoms with Crippen LogP contribution in [-0.4, -0.2) is 10.6 Å². The number of hydrogen-bond acceptors (Lipinski definition) is 0. The van der Waals surface area contributed by atoms with E-state index in [-0.39, 0.29) is 31.1 Å². The van der Waals surface area contributed by atoms with Gasteiger partial charge in [0.2, 0.25) is 0 Å². The second kappa shape index (κ2) is 5.62. The molecule has 0 radical (unpaired) electrons. The Hall–Kier alpha value is 0.790. The summed E-state index contributed by atoms with van der Waals surface area (Å²) in [5.41, 5.74) is 2.86. The van der Waals surface area contributed by atoms with E-state index in [0.717, 1.165) is 6.54 Å². The van der Waals surface area contributed by atoms with Crippen LogP contribution in [0, 0.1) is 31.1 Å². The summed E-state index contributed by atoms with van der Waals surface area (Å²) in [6.07, 6.45) is 2.39. The predicted molar refractivity (Wildman–Crippen MR) is 47.1 cm³/mol. The van der Waals surface area contributed by atoms with Crippen molar-refractivity contribution in [1.29, 1.82) is 0 Å². The Bertz CT molecular complexity index is 312. The molecule has 1 aliphatic rings. The van der Waals surface area contributed by atoms with E-state index < -0.39 is 0 Å². The summed E-state index contributed by atoms with van der Waals surface area (Å²) in [4.78, 5) is 0. The molecule has 0 bridgehead atoms. The van der Waals surface area contributed by atoms with Crippen molar-refractivity contribution < 1.29 is 50.5 Å². The molecule has 1 aliphatic heterocycles. The van der Waals surface area contributed by atoms with Crippen LogP contribution < -0.4 is 0 Å². The van der Waals surface area contributed by atoms with Gasteiger partial charge in [0.1, 0.15) is 0 Å². The van der Waals surface area contributed by atoms with Crippen LogP contribution in [-0.2, 0) is 25.8 Å². The van der Waals surface area contributed by atoms with Gasteiger partial charge < -0.3 is 0 Å². The first-order valence-corrected chi connectivity index (χ1v) is 5.64. The van der Waals surface area contributed by atoms with Crippen LogP contribution in [0.2, 0.25) is 0 Å². The average Bonchev–Trinajstić information content (AvgIpc) is 2.29. The van der Waals surface area contributed by atoms with Crippen LogP contribution in [0.1, 0.15) is 17.5 Å². The molecule has 1 heterocycles. The molecule has 0 saturated carbocycles. The van der Waals surface area contributed by atoms with E-state index in [0.29, 0.717) is 0 Å². The molecular weight excluding hydrogens is 556 g/mol. The fraction of sp³-hybridized carbons (Fsp3) is 0.300. The molecule has 0 aromatic heterocycles. The van der Waals surface area contributed by atoms with Gasteiger partial charge in [0.25, 0.3) is 0 Å². The van der Waals surface area contributed by atoms with Gasteiger partial charge in [-0.25, -0.2) is 0 Å². The van der Waals surface area contributed by atoms with Crippen LogP contribution in [0.15, 0.2) is 24.3 Å². The Balaban J connectivity index is 0.000000845. The molecule has 1 nitrogen and oxygen atoms in total. The van der Waals surface area contributed by atoms with Gasteiger partial charge in [0.15, 0.2) is 0 Å². The van der Waals surface area contributed by atoms with Crippen molar-refractivity contribution >= 4 is 4.02 Å². The molecule has 0 aliphatic carbocycles. The second-order valence-corrected chi connectivity index (χ2v) is 4.34. The summed E-state index contributed by atoms with van der Waals surface area (Å²) < 4.78 is 1.28. The molecule has 0 fully saturated rings. The molecule has 0 spiro atoms. The molecule has 0 N–H and O–H groups in total. The summed E-state index contributed by atoms with van der Waals surface area (Å²) in [5.74, 6) is 0. The van der Waals surface area contributed by atoms with E-state index in [9.17, 15) is 0 Å². The van der Waals surface area contributed by atoms with E-state index in [4.69, 9.17) is 0 Å². The summed E-state index contributed by atoms with van der Waals surface area (Å²) in [6, 6.07) is 8.63. The third kappa shape index (κ3) is 2.87. The first-order valence-electron chi connectivity index (χ1n) is 4.17. The number of nitrogens with zero attached hydrogens (tertiary/aromatic N) is 1. The van der Waals surface area contributed by atoms with Gasteiger partial charge in [0, 0.05) is 31.1 Å². The second-order valence-electron chi connectivity index (χ2n) is 2.95. The Morgan fingerprint density at radius 2 is 2.00 bits per heavy atom. The molecule has 13 heavy (non-hydrogen) atoms. The van der Waals surface area contributed by atoms with Crippen molar-refractivity contribution in [3.8, 4) is 0 Å². The van der Waals surface area contributed by atoms with Crippen molar-refractivity contribution in [2.75, 3.05) is 6.54 Å². The third-order valence-electron chi connectivity index (χ3n) is 2.11. The quantitative estimate of drug-likeness (QED) is 0.457. The first kappa shape index (κ1) is 11.9. The van der Waals surface area contributed by atoms with Gasteiger partial charge in [-0.05, 0) is 0 Å². The number of fused-ring (bicyclic) bond motifs is 1. The Kier molecular flexibility index (Phi) is 5.13. The Morgan fingerprint density at radius 1 is 1.23 bits per heavy atom. The minimum absolute atomic E-state index is 0. The zero-order valence-electron chi connectivity index (χ0n) is 7.29. The fourth-order valence-electron chi connectivity index (χ4n) is 1.48. The summed E-state index contributed by atoms with van der Waals surface area (Å²) in [7, 11) is 0. The minimum atomic E-state index is 0. The van der Waals surface area contributed by atoms with E-state index >= 15 is 0 Å². The van der Waals surface area contributed by atoms with Crippen molar-refractivity contribution in [2.45, 2.75) is 12.8 Å². The maximum atomic E-state index is 4.52. The first-order chi connectivity index (χ1) is 5.88. The molecule has 0 unspecified atom stereocenters. The molecule has 66 valence electrons. The Morgan fingerprint density at radius 3 is 2.85 bits per heavy atom. The van der Waals surface area contributed by atoms with Gasteiger partial charge in [-0.1, -0.05) is 0 Å². The van der Waals surface area contributed by atoms with E-state index in [1.807, 2.05) is 0 Å². The molecule has 0 atom stereocenters. The predicted octanol–water partition coefficient (Wildman–Crippen LogP) is 2.03. The molecule has 0 amide bonds. The van der Waals surface area contributed by atoms with Gasteiger partial charge >= 0.3 is 83.5 Å². The molecule has 0 saturated heterocycles. The van der Waals surface area contributed by atoms with Crippen LogP contribution in [0.5, 0.6) is 0 Å². The molecule has 3 heteroatoms. The van der Waals surface area contributed by atoms with Gasteiger partial charge in [-0.3, -0.25) is 0 Å². The molecule has 1 aromatic carbocycles. The zero-order valence-corrected chi connectivity index (χ0v) is 14.4. The van der Waals surface area contributed by atoms with Crippen molar-refractivity contribution in [2.24, 2.45) is 0 Å². The van der Waals surface area contributed by atoms with Crippen LogP contribution in [0.3, 0.4) is 0 Å². The van der Waals surface area contributed by atoms with E-state index in [1.165, 1.54) is 47.3 Å². The summed E-state index contributed by atoms with van der Waals surface area (Å²) in [6.45, 7) is 1.01. The van der Waals surface area contributed by atoms with Crippen molar-refractivity contribution in [3.05, 3.63) is 40.7 Å². The molecular formula is C10H10NUW-. The summed E-state index contributed by atoms with van der Waals surface area (Å²) in [5, 5.41) is 4.52. The van der Waals surface area contributed by atoms with Crippen molar-refractivity contribution in [3.63, 3.8) is 0 Å². The van der Waals surface area contributed by atoms with Crippen molar-refractivity contribution in [1.82, 2.24) is 0 Å². The van der Waals surface area contributed by atoms with Crippen LogP contribution in [0.4, 0.5) is 0 Å². The molecule has 1 aromatic rings. The normalized spacial score (nSPS) is 15.5. The Labute approximate surface area is 113 Å². The fourth-order valence-corrected chi connectivity index (χ4v) is 2.53. The van der Waals surface area contributed by atoms with Crippen LogP contribution in [0.25, 0.3) is 5.32 Å². The third-order valence-corrected chi connectivity index (χ3v) is 3.36. The van der Waals surface area contributed by atoms with Crippen LogP contribution >= 0.6 is 0 Å². The molecule has 2 rings (SSSR count). The average molecular weight is 566 g/mol.